The van der Waals surface area contributed by atoms with Crippen molar-refractivity contribution in [1.29, 1.82) is 0 Å². The van der Waals surface area contributed by atoms with E-state index in [0.717, 1.165) is 34.1 Å². The molecule has 1 aliphatic rings. The quantitative estimate of drug-likeness (QED) is 0.427. The van der Waals surface area contributed by atoms with Gasteiger partial charge in [-0.3, -0.25) is 24.2 Å². The molecule has 0 atom stereocenters. The summed E-state index contributed by atoms with van der Waals surface area (Å²) in [5.74, 6) is -0.385. The van der Waals surface area contributed by atoms with Crippen LogP contribution in [0.25, 0.3) is 15.4 Å². The molecule has 1 saturated heterocycles. The van der Waals surface area contributed by atoms with Crippen LogP contribution in [-0.4, -0.2) is 60.7 Å². The van der Waals surface area contributed by atoms with E-state index in [0.29, 0.717) is 29.2 Å². The SMILES string of the molecule is Cc1cnn(C)c1-c1cn2ncc(C(=O)Nc3cc(NC(=O)CN4CC(C)(C)C4)cnc3C)c2s1. The highest BCUT2D eigenvalue weighted by Crippen LogP contribution is 2.32. The van der Waals surface area contributed by atoms with Crippen molar-refractivity contribution in [3.8, 4) is 10.6 Å². The molecule has 0 aliphatic carbocycles. The fourth-order valence-corrected chi connectivity index (χ4v) is 5.75. The van der Waals surface area contributed by atoms with E-state index in [4.69, 9.17) is 0 Å². The number of hydrogen-bond donors (Lipinski definition) is 2. The lowest BCUT2D eigenvalue weighted by atomic mass is 9.84. The molecule has 10 nitrogen and oxygen atoms in total. The third kappa shape index (κ3) is 4.56. The van der Waals surface area contributed by atoms with Gasteiger partial charge in [-0.1, -0.05) is 13.8 Å². The van der Waals surface area contributed by atoms with E-state index in [2.05, 4.69) is 44.6 Å². The highest BCUT2D eigenvalue weighted by atomic mass is 32.1. The summed E-state index contributed by atoms with van der Waals surface area (Å²) in [6.45, 7) is 10.3. The molecule has 5 heterocycles. The lowest BCUT2D eigenvalue weighted by molar-refractivity contribution is -0.120. The predicted octanol–water partition coefficient (Wildman–Crippen LogP) is 3.34. The lowest BCUT2D eigenvalue weighted by Crippen LogP contribution is -2.54. The van der Waals surface area contributed by atoms with Gasteiger partial charge in [0.1, 0.15) is 4.83 Å². The molecular weight excluding hydrogens is 464 g/mol. The second-order valence-electron chi connectivity index (χ2n) is 9.87. The van der Waals surface area contributed by atoms with Gasteiger partial charge in [0, 0.05) is 26.3 Å². The summed E-state index contributed by atoms with van der Waals surface area (Å²) in [6, 6.07) is 1.73. The number of carbonyl (C=O) groups is 2. The van der Waals surface area contributed by atoms with Crippen molar-refractivity contribution in [2.45, 2.75) is 27.7 Å². The van der Waals surface area contributed by atoms with Crippen molar-refractivity contribution in [3.05, 3.63) is 47.7 Å². The summed E-state index contributed by atoms with van der Waals surface area (Å²) in [5, 5.41) is 14.5. The standard InChI is InChI=1S/C24H28N8O2S/c1-14-7-26-30(5)21(14)19-10-32-23(35-19)17(9-27-32)22(34)29-18-6-16(8-25-15(18)2)28-20(33)11-31-12-24(3,4)13-31/h6-10H,11-13H2,1-5H3,(H,28,33)(H,29,34). The number of carbonyl (C=O) groups excluding carboxylic acids is 2. The van der Waals surface area contributed by atoms with Gasteiger partial charge in [0.15, 0.2) is 0 Å². The maximum atomic E-state index is 13.2. The van der Waals surface area contributed by atoms with Crippen LogP contribution in [-0.2, 0) is 11.8 Å². The van der Waals surface area contributed by atoms with Crippen LogP contribution in [0.15, 0.2) is 30.9 Å². The first-order valence-electron chi connectivity index (χ1n) is 11.4. The number of nitrogens with zero attached hydrogens (tertiary/aromatic N) is 6. The maximum Gasteiger partial charge on any atom is 0.260 e. The average molecular weight is 493 g/mol. The molecule has 0 spiro atoms. The second kappa shape index (κ2) is 8.58. The molecule has 0 saturated carbocycles. The third-order valence-corrected chi connectivity index (χ3v) is 7.20. The predicted molar refractivity (Wildman–Crippen MR) is 136 cm³/mol. The number of aryl methyl sites for hydroxylation is 3. The van der Waals surface area contributed by atoms with Crippen molar-refractivity contribution >= 4 is 39.4 Å². The number of thiazole rings is 1. The number of aromatic nitrogens is 5. The first-order valence-corrected chi connectivity index (χ1v) is 12.2. The maximum absolute atomic E-state index is 13.2. The third-order valence-electron chi connectivity index (χ3n) is 6.08. The Morgan fingerprint density at radius 3 is 2.57 bits per heavy atom. The number of fused-ring (bicyclic) bond motifs is 1. The van der Waals surface area contributed by atoms with Crippen molar-refractivity contribution < 1.29 is 9.59 Å². The summed E-state index contributed by atoms with van der Waals surface area (Å²) in [4.78, 5) is 33.8. The van der Waals surface area contributed by atoms with E-state index in [1.165, 1.54) is 11.3 Å². The van der Waals surface area contributed by atoms with Crippen LogP contribution < -0.4 is 10.6 Å². The molecule has 1 aliphatic heterocycles. The highest BCUT2D eigenvalue weighted by Gasteiger charge is 2.34. The van der Waals surface area contributed by atoms with E-state index in [9.17, 15) is 9.59 Å². The number of hydrogen-bond acceptors (Lipinski definition) is 7. The molecule has 0 bridgehead atoms. The molecule has 4 aromatic heterocycles. The summed E-state index contributed by atoms with van der Waals surface area (Å²) < 4.78 is 3.53. The van der Waals surface area contributed by atoms with Crippen molar-refractivity contribution in [1.82, 2.24) is 29.3 Å². The summed E-state index contributed by atoms with van der Waals surface area (Å²) in [7, 11) is 1.89. The molecule has 5 rings (SSSR count). The van der Waals surface area contributed by atoms with Gasteiger partial charge in [0.2, 0.25) is 5.91 Å². The fraction of sp³-hybridized carbons (Fsp3) is 0.375. The fourth-order valence-electron chi connectivity index (χ4n) is 4.55. The molecular formula is C24H28N8O2S. The number of rotatable bonds is 6. The molecule has 182 valence electrons. The summed E-state index contributed by atoms with van der Waals surface area (Å²) in [5.41, 5.74) is 4.52. The van der Waals surface area contributed by atoms with Crippen molar-refractivity contribution in [2.75, 3.05) is 30.3 Å². The van der Waals surface area contributed by atoms with E-state index in [1.54, 1.807) is 23.0 Å². The van der Waals surface area contributed by atoms with E-state index in [-0.39, 0.29) is 17.2 Å². The van der Waals surface area contributed by atoms with Crippen LogP contribution in [0.3, 0.4) is 0 Å². The van der Waals surface area contributed by atoms with Crippen molar-refractivity contribution in [2.24, 2.45) is 12.5 Å². The molecule has 1 fully saturated rings. The molecule has 2 N–H and O–H groups in total. The van der Waals surface area contributed by atoms with E-state index >= 15 is 0 Å². The van der Waals surface area contributed by atoms with Gasteiger partial charge in [-0.15, -0.1) is 11.3 Å². The Morgan fingerprint density at radius 1 is 1.11 bits per heavy atom. The molecule has 0 aromatic carbocycles. The minimum Gasteiger partial charge on any atom is -0.324 e. The van der Waals surface area contributed by atoms with Gasteiger partial charge in [-0.2, -0.15) is 10.2 Å². The lowest BCUT2D eigenvalue weighted by Gasteiger charge is -2.45. The van der Waals surface area contributed by atoms with Crippen LogP contribution in [0.4, 0.5) is 11.4 Å². The largest absolute Gasteiger partial charge is 0.324 e. The molecule has 2 amide bonds. The second-order valence-corrected chi connectivity index (χ2v) is 10.9. The minimum atomic E-state index is -0.286. The molecule has 0 unspecified atom stereocenters. The van der Waals surface area contributed by atoms with Crippen molar-refractivity contribution in [3.63, 3.8) is 0 Å². The number of amides is 2. The monoisotopic (exact) mass is 492 g/mol. The highest BCUT2D eigenvalue weighted by molar-refractivity contribution is 7.21. The van der Waals surface area contributed by atoms with Crippen LogP contribution in [0.2, 0.25) is 0 Å². The Hall–Kier alpha value is -3.57. The minimum absolute atomic E-state index is 0.0988. The summed E-state index contributed by atoms with van der Waals surface area (Å²) in [6.07, 6.45) is 6.88. The molecule has 11 heteroatoms. The number of nitrogens with one attached hydrogen (secondary N) is 2. The zero-order valence-corrected chi connectivity index (χ0v) is 21.2. The number of pyridine rings is 1. The van der Waals surface area contributed by atoms with Crippen LogP contribution in [0.1, 0.15) is 35.5 Å². The molecule has 4 aromatic rings. The van der Waals surface area contributed by atoms with Crippen LogP contribution >= 0.6 is 11.3 Å². The Bertz CT molecular complexity index is 1420. The Kier molecular flexibility index (Phi) is 5.68. The van der Waals surface area contributed by atoms with Gasteiger partial charge in [0.05, 0.1) is 58.3 Å². The zero-order chi connectivity index (χ0) is 24.9. The first-order chi connectivity index (χ1) is 16.6. The Labute approximate surface area is 207 Å². The van der Waals surface area contributed by atoms with Gasteiger partial charge < -0.3 is 10.6 Å². The molecule has 35 heavy (non-hydrogen) atoms. The topological polar surface area (TPSA) is 109 Å². The Balaban J connectivity index is 1.31. The smallest absolute Gasteiger partial charge is 0.260 e. The zero-order valence-electron chi connectivity index (χ0n) is 20.4. The summed E-state index contributed by atoms with van der Waals surface area (Å²) >= 11 is 1.49. The van der Waals surface area contributed by atoms with Gasteiger partial charge in [-0.05, 0) is 30.9 Å². The number of likely N-dealkylation sites (tertiary alicyclic amines) is 1. The van der Waals surface area contributed by atoms with Gasteiger partial charge >= 0.3 is 0 Å². The van der Waals surface area contributed by atoms with Crippen LogP contribution in [0, 0.1) is 19.3 Å². The Morgan fingerprint density at radius 2 is 1.89 bits per heavy atom. The van der Waals surface area contributed by atoms with E-state index in [1.807, 2.05) is 38.0 Å². The van der Waals surface area contributed by atoms with Gasteiger partial charge in [0.25, 0.3) is 5.91 Å². The van der Waals surface area contributed by atoms with Gasteiger partial charge in [-0.25, -0.2) is 4.52 Å². The molecule has 0 radical (unpaired) electrons. The normalized spacial score (nSPS) is 15.2. The van der Waals surface area contributed by atoms with Crippen LogP contribution in [0.5, 0.6) is 0 Å². The van der Waals surface area contributed by atoms with E-state index < -0.39 is 0 Å². The average Bonchev–Trinajstić information content (AvgIpc) is 3.43. The first kappa shape index (κ1) is 23.2. The number of anilines is 2.